The second kappa shape index (κ2) is 8.12. The molecule has 28 heavy (non-hydrogen) atoms. The molecule has 2 heterocycles. The maximum atomic E-state index is 14.4. The Morgan fingerprint density at radius 3 is 2.54 bits per heavy atom. The zero-order valence-electron chi connectivity index (χ0n) is 15.9. The number of oxime groups is 1. The second-order valence-electron chi connectivity index (χ2n) is 7.01. The molecule has 2 aromatic carbocycles. The highest BCUT2D eigenvalue weighted by atomic mass is 19.1. The summed E-state index contributed by atoms with van der Waals surface area (Å²) in [5, 5.41) is 14.2. The smallest absolute Gasteiger partial charge is 0.132 e. The van der Waals surface area contributed by atoms with Gasteiger partial charge < -0.3 is 14.5 Å². The Labute approximate surface area is 163 Å². The molecule has 1 aliphatic rings. The van der Waals surface area contributed by atoms with Crippen LogP contribution in [0.15, 0.2) is 53.7 Å². The number of ether oxygens (including phenoxy) is 1. The molecule has 0 aliphatic carbocycles. The molecule has 146 valence electrons. The summed E-state index contributed by atoms with van der Waals surface area (Å²) in [5.74, 6) is -0.403. The third-order valence-electron chi connectivity index (χ3n) is 5.44. The standard InChI is InChI=1S/C22H24FN3O2/c1-16-21(22(24-27)17-6-2-4-8-19(17)23)18-7-3-5-9-20(18)26(16)11-10-25-12-14-28-15-13-25/h2-9,27H,10-15H2,1H3. The summed E-state index contributed by atoms with van der Waals surface area (Å²) in [6.07, 6.45) is 0. The van der Waals surface area contributed by atoms with Gasteiger partial charge in [0.2, 0.25) is 0 Å². The van der Waals surface area contributed by atoms with Crippen molar-refractivity contribution in [2.45, 2.75) is 13.5 Å². The normalized spacial score (nSPS) is 16.0. The van der Waals surface area contributed by atoms with Crippen LogP contribution in [0.25, 0.3) is 10.9 Å². The molecule has 0 unspecified atom stereocenters. The average molecular weight is 381 g/mol. The van der Waals surface area contributed by atoms with Crippen molar-refractivity contribution in [3.63, 3.8) is 0 Å². The van der Waals surface area contributed by atoms with Gasteiger partial charge in [0.05, 0.1) is 13.2 Å². The molecule has 1 aromatic heterocycles. The number of para-hydroxylation sites is 1. The lowest BCUT2D eigenvalue weighted by molar-refractivity contribution is 0.0365. The molecule has 0 spiro atoms. The van der Waals surface area contributed by atoms with Crippen LogP contribution in [0.5, 0.6) is 0 Å². The van der Waals surface area contributed by atoms with Crippen molar-refractivity contribution in [1.82, 2.24) is 9.47 Å². The van der Waals surface area contributed by atoms with E-state index in [-0.39, 0.29) is 5.71 Å². The Kier molecular flexibility index (Phi) is 5.41. The van der Waals surface area contributed by atoms with E-state index in [2.05, 4.69) is 20.7 Å². The van der Waals surface area contributed by atoms with Crippen molar-refractivity contribution < 1.29 is 14.3 Å². The van der Waals surface area contributed by atoms with Crippen LogP contribution in [0.1, 0.15) is 16.8 Å². The first-order valence-corrected chi connectivity index (χ1v) is 9.56. The first-order chi connectivity index (χ1) is 13.7. The highest BCUT2D eigenvalue weighted by Crippen LogP contribution is 2.29. The molecule has 0 saturated carbocycles. The summed E-state index contributed by atoms with van der Waals surface area (Å²) in [5.41, 5.74) is 3.34. The molecule has 0 radical (unpaired) electrons. The predicted octanol–water partition coefficient (Wildman–Crippen LogP) is 3.65. The Bertz CT molecular complexity index is 1010. The van der Waals surface area contributed by atoms with Gasteiger partial charge in [-0.1, -0.05) is 35.5 Å². The van der Waals surface area contributed by atoms with Crippen molar-refractivity contribution in [2.24, 2.45) is 5.16 Å². The van der Waals surface area contributed by atoms with Crippen molar-refractivity contribution >= 4 is 16.6 Å². The van der Waals surface area contributed by atoms with Gasteiger partial charge in [0.15, 0.2) is 0 Å². The highest BCUT2D eigenvalue weighted by molar-refractivity contribution is 6.20. The summed E-state index contributed by atoms with van der Waals surface area (Å²) < 4.78 is 22.1. The molecule has 3 aromatic rings. The Hall–Kier alpha value is -2.70. The van der Waals surface area contributed by atoms with E-state index in [1.165, 1.54) is 6.07 Å². The summed E-state index contributed by atoms with van der Waals surface area (Å²) in [4.78, 5) is 2.38. The van der Waals surface area contributed by atoms with Crippen molar-refractivity contribution in [3.8, 4) is 0 Å². The van der Waals surface area contributed by atoms with E-state index in [9.17, 15) is 9.60 Å². The number of rotatable bonds is 5. The largest absolute Gasteiger partial charge is 0.410 e. The van der Waals surface area contributed by atoms with Gasteiger partial charge >= 0.3 is 0 Å². The summed E-state index contributed by atoms with van der Waals surface area (Å²) >= 11 is 0. The van der Waals surface area contributed by atoms with Crippen LogP contribution in [0.4, 0.5) is 4.39 Å². The maximum absolute atomic E-state index is 14.4. The van der Waals surface area contributed by atoms with Crippen LogP contribution in [0.3, 0.4) is 0 Å². The van der Waals surface area contributed by atoms with Gasteiger partial charge in [-0.3, -0.25) is 4.90 Å². The lowest BCUT2D eigenvalue weighted by Gasteiger charge is -2.27. The van der Waals surface area contributed by atoms with Crippen molar-refractivity contribution in [3.05, 3.63) is 71.2 Å². The molecular weight excluding hydrogens is 357 g/mol. The molecular formula is C22H24FN3O2. The van der Waals surface area contributed by atoms with E-state index < -0.39 is 5.82 Å². The minimum atomic E-state index is -0.403. The van der Waals surface area contributed by atoms with Crippen LogP contribution >= 0.6 is 0 Å². The monoisotopic (exact) mass is 381 g/mol. The van der Waals surface area contributed by atoms with Gasteiger partial charge in [0, 0.05) is 53.9 Å². The first kappa shape index (κ1) is 18.7. The van der Waals surface area contributed by atoms with Gasteiger partial charge in [-0.25, -0.2) is 4.39 Å². The van der Waals surface area contributed by atoms with Crippen LogP contribution in [-0.2, 0) is 11.3 Å². The van der Waals surface area contributed by atoms with E-state index in [1.54, 1.807) is 18.2 Å². The Morgan fingerprint density at radius 1 is 1.07 bits per heavy atom. The van der Waals surface area contributed by atoms with E-state index >= 15 is 0 Å². The number of benzene rings is 2. The second-order valence-corrected chi connectivity index (χ2v) is 7.01. The van der Waals surface area contributed by atoms with Crippen LogP contribution in [-0.4, -0.2) is 53.2 Å². The molecule has 0 bridgehead atoms. The third kappa shape index (κ3) is 3.41. The number of halogens is 1. The van der Waals surface area contributed by atoms with Gasteiger partial charge in [0.1, 0.15) is 11.5 Å². The number of aromatic nitrogens is 1. The van der Waals surface area contributed by atoms with Crippen LogP contribution in [0, 0.1) is 12.7 Å². The number of fused-ring (bicyclic) bond motifs is 1. The average Bonchev–Trinajstić information content (AvgIpc) is 3.01. The molecule has 0 atom stereocenters. The van der Waals surface area contributed by atoms with Gasteiger partial charge in [0.25, 0.3) is 0 Å². The zero-order valence-corrected chi connectivity index (χ0v) is 15.9. The molecule has 4 rings (SSSR count). The molecule has 1 N–H and O–H groups in total. The van der Waals surface area contributed by atoms with Gasteiger partial charge in [-0.05, 0) is 25.1 Å². The summed E-state index contributed by atoms with van der Waals surface area (Å²) in [6.45, 7) is 7.13. The molecule has 6 heteroatoms. The molecule has 1 aliphatic heterocycles. The summed E-state index contributed by atoms with van der Waals surface area (Å²) in [6, 6.07) is 14.4. The Balaban J connectivity index is 1.76. The lowest BCUT2D eigenvalue weighted by Crippen LogP contribution is -2.38. The minimum Gasteiger partial charge on any atom is -0.410 e. The number of nitrogens with zero attached hydrogens (tertiary/aromatic N) is 3. The maximum Gasteiger partial charge on any atom is 0.132 e. The lowest BCUT2D eigenvalue weighted by atomic mass is 9.99. The van der Waals surface area contributed by atoms with Crippen LogP contribution in [0.2, 0.25) is 0 Å². The third-order valence-corrected chi connectivity index (χ3v) is 5.44. The predicted molar refractivity (Wildman–Crippen MR) is 108 cm³/mol. The molecule has 1 saturated heterocycles. The van der Waals surface area contributed by atoms with Crippen molar-refractivity contribution in [1.29, 1.82) is 0 Å². The van der Waals surface area contributed by atoms with E-state index in [4.69, 9.17) is 4.74 Å². The minimum absolute atomic E-state index is 0.261. The van der Waals surface area contributed by atoms with E-state index in [0.29, 0.717) is 5.56 Å². The van der Waals surface area contributed by atoms with Crippen LogP contribution < -0.4 is 0 Å². The zero-order chi connectivity index (χ0) is 19.5. The fraction of sp³-hybridized carbons (Fsp3) is 0.318. The quantitative estimate of drug-likeness (QED) is 0.417. The topological polar surface area (TPSA) is 50.0 Å². The number of morpholine rings is 1. The van der Waals surface area contributed by atoms with E-state index in [1.807, 2.05) is 25.1 Å². The SMILES string of the molecule is Cc1c(C(=NO)c2ccccc2F)c2ccccc2n1CCN1CCOCC1. The van der Waals surface area contributed by atoms with Gasteiger partial charge in [-0.15, -0.1) is 0 Å². The Morgan fingerprint density at radius 2 is 1.79 bits per heavy atom. The highest BCUT2D eigenvalue weighted by Gasteiger charge is 2.22. The first-order valence-electron chi connectivity index (χ1n) is 9.56. The number of hydrogen-bond donors (Lipinski definition) is 1. The van der Waals surface area contributed by atoms with Gasteiger partial charge in [-0.2, -0.15) is 0 Å². The molecule has 1 fully saturated rings. The fourth-order valence-electron chi connectivity index (χ4n) is 3.98. The summed E-state index contributed by atoms with van der Waals surface area (Å²) in [7, 11) is 0. The molecule has 5 nitrogen and oxygen atoms in total. The van der Waals surface area contributed by atoms with Crippen molar-refractivity contribution in [2.75, 3.05) is 32.8 Å². The molecule has 0 amide bonds. The number of hydrogen-bond acceptors (Lipinski definition) is 4. The fourth-order valence-corrected chi connectivity index (χ4v) is 3.98. The van der Waals surface area contributed by atoms with E-state index in [0.717, 1.165) is 61.6 Å².